The molecule has 1 atom stereocenters. The van der Waals surface area contributed by atoms with Crippen molar-refractivity contribution >= 4 is 8.32 Å². The van der Waals surface area contributed by atoms with Crippen LogP contribution < -0.4 is 0 Å². The number of hydrogen-bond acceptors (Lipinski definition) is 2. The highest BCUT2D eigenvalue weighted by atomic mass is 28.4. The zero-order valence-corrected chi connectivity index (χ0v) is 14.3. The summed E-state index contributed by atoms with van der Waals surface area (Å²) in [7, 11) is -1.84. The number of rotatable bonds is 6. The summed E-state index contributed by atoms with van der Waals surface area (Å²) in [5.41, 5.74) is 1.15. The third-order valence-electron chi connectivity index (χ3n) is 3.81. The minimum atomic E-state index is -1.84. The SMILES string of the molecule is C#CC(COCc1ccccc1)O[Si](C)(C)C(C)(C)C. The molecule has 0 spiro atoms. The number of hydrogen-bond donors (Lipinski definition) is 0. The van der Waals surface area contributed by atoms with E-state index in [0.717, 1.165) is 5.56 Å². The van der Waals surface area contributed by atoms with Crippen LogP contribution in [0.3, 0.4) is 0 Å². The molecule has 0 amide bonds. The molecule has 0 fully saturated rings. The van der Waals surface area contributed by atoms with Gasteiger partial charge in [0.1, 0.15) is 6.10 Å². The van der Waals surface area contributed by atoms with E-state index in [2.05, 4.69) is 39.8 Å². The maximum atomic E-state index is 6.17. The van der Waals surface area contributed by atoms with Crippen molar-refractivity contribution in [2.45, 2.75) is 51.6 Å². The highest BCUT2D eigenvalue weighted by molar-refractivity contribution is 6.74. The third-order valence-corrected chi connectivity index (χ3v) is 8.30. The van der Waals surface area contributed by atoms with Crippen LogP contribution in [0, 0.1) is 12.3 Å². The average molecular weight is 290 g/mol. The summed E-state index contributed by atoms with van der Waals surface area (Å²) in [5, 5.41) is 0.154. The molecule has 0 aliphatic carbocycles. The standard InChI is InChI=1S/C17H26O2Si/c1-7-16(19-20(5,6)17(2,3)4)14-18-13-15-11-9-8-10-12-15/h1,8-12,16H,13-14H2,2-6H3. The molecule has 3 heteroatoms. The molecule has 1 unspecified atom stereocenters. The van der Waals surface area contributed by atoms with Gasteiger partial charge in [-0.1, -0.05) is 57.0 Å². The Balaban J connectivity index is 2.47. The predicted molar refractivity (Wildman–Crippen MR) is 87.0 cm³/mol. The molecule has 0 aliphatic heterocycles. The van der Waals surface area contributed by atoms with Gasteiger partial charge in [-0.15, -0.1) is 6.42 Å². The van der Waals surface area contributed by atoms with Crippen LogP contribution in [0.5, 0.6) is 0 Å². The van der Waals surface area contributed by atoms with Crippen LogP contribution in [-0.2, 0) is 15.8 Å². The summed E-state index contributed by atoms with van der Waals surface area (Å²) < 4.78 is 11.9. The molecule has 0 N–H and O–H groups in total. The van der Waals surface area contributed by atoms with E-state index in [-0.39, 0.29) is 11.1 Å². The molecule has 0 radical (unpaired) electrons. The summed E-state index contributed by atoms with van der Waals surface area (Å²) in [5.74, 6) is 2.70. The smallest absolute Gasteiger partial charge is 0.193 e. The second-order valence-electron chi connectivity index (χ2n) is 6.53. The first-order chi connectivity index (χ1) is 9.26. The Bertz CT molecular complexity index is 440. The fraction of sp³-hybridized carbons (Fsp3) is 0.529. The topological polar surface area (TPSA) is 18.5 Å². The van der Waals surface area contributed by atoms with Crippen LogP contribution in [0.25, 0.3) is 0 Å². The highest BCUT2D eigenvalue weighted by Gasteiger charge is 2.38. The van der Waals surface area contributed by atoms with E-state index in [1.807, 2.05) is 30.3 Å². The molecule has 0 saturated carbocycles. The van der Waals surface area contributed by atoms with Gasteiger partial charge in [0.05, 0.1) is 13.2 Å². The van der Waals surface area contributed by atoms with Crippen LogP contribution in [-0.4, -0.2) is 21.0 Å². The maximum absolute atomic E-state index is 6.17. The van der Waals surface area contributed by atoms with Crippen LogP contribution in [0.4, 0.5) is 0 Å². The first kappa shape index (κ1) is 17.0. The lowest BCUT2D eigenvalue weighted by Crippen LogP contribution is -2.44. The van der Waals surface area contributed by atoms with Gasteiger partial charge in [-0.05, 0) is 23.7 Å². The number of benzene rings is 1. The monoisotopic (exact) mass is 290 g/mol. The minimum absolute atomic E-state index is 0.154. The zero-order valence-electron chi connectivity index (χ0n) is 13.3. The van der Waals surface area contributed by atoms with Crippen molar-refractivity contribution in [2.24, 2.45) is 0 Å². The van der Waals surface area contributed by atoms with E-state index in [1.165, 1.54) is 0 Å². The number of terminal acetylenes is 1. The van der Waals surface area contributed by atoms with Crippen molar-refractivity contribution < 1.29 is 9.16 Å². The fourth-order valence-corrected chi connectivity index (χ4v) is 2.71. The minimum Gasteiger partial charge on any atom is -0.401 e. The van der Waals surface area contributed by atoms with Crippen molar-refractivity contribution in [3.63, 3.8) is 0 Å². The van der Waals surface area contributed by atoms with Gasteiger partial charge in [0.15, 0.2) is 8.32 Å². The van der Waals surface area contributed by atoms with Gasteiger partial charge in [0, 0.05) is 0 Å². The van der Waals surface area contributed by atoms with Gasteiger partial charge < -0.3 is 9.16 Å². The van der Waals surface area contributed by atoms with Gasteiger partial charge in [-0.3, -0.25) is 0 Å². The van der Waals surface area contributed by atoms with Crippen LogP contribution in [0.2, 0.25) is 18.1 Å². The van der Waals surface area contributed by atoms with E-state index in [0.29, 0.717) is 13.2 Å². The largest absolute Gasteiger partial charge is 0.401 e. The summed E-state index contributed by atoms with van der Waals surface area (Å²) in [6, 6.07) is 10.1. The lowest BCUT2D eigenvalue weighted by Gasteiger charge is -2.37. The normalized spacial score (nSPS) is 13.8. The van der Waals surface area contributed by atoms with E-state index in [4.69, 9.17) is 15.6 Å². The van der Waals surface area contributed by atoms with Crippen LogP contribution >= 0.6 is 0 Å². The van der Waals surface area contributed by atoms with Crippen LogP contribution in [0.15, 0.2) is 30.3 Å². The average Bonchev–Trinajstić information content (AvgIpc) is 2.37. The summed E-state index contributed by atoms with van der Waals surface area (Å²) in [6.45, 7) is 12.0. The Morgan fingerprint density at radius 2 is 1.80 bits per heavy atom. The van der Waals surface area contributed by atoms with Gasteiger partial charge in [-0.25, -0.2) is 0 Å². The molecule has 110 valence electrons. The summed E-state index contributed by atoms with van der Waals surface area (Å²) in [6.07, 6.45) is 5.31. The molecule has 1 aromatic rings. The Morgan fingerprint density at radius 1 is 1.20 bits per heavy atom. The van der Waals surface area contributed by atoms with E-state index >= 15 is 0 Å². The van der Waals surface area contributed by atoms with E-state index in [1.54, 1.807) is 0 Å². The Labute approximate surface area is 124 Å². The second kappa shape index (κ2) is 7.08. The molecule has 20 heavy (non-hydrogen) atoms. The molecule has 0 saturated heterocycles. The fourth-order valence-electron chi connectivity index (χ4n) is 1.51. The predicted octanol–water partition coefficient (Wildman–Crippen LogP) is 4.23. The Kier molecular flexibility index (Phi) is 6.00. The quantitative estimate of drug-likeness (QED) is 0.576. The third kappa shape index (κ3) is 5.13. The molecule has 0 aliphatic rings. The summed E-state index contributed by atoms with van der Waals surface area (Å²) in [4.78, 5) is 0. The lowest BCUT2D eigenvalue weighted by atomic mass is 10.2. The van der Waals surface area contributed by atoms with Crippen molar-refractivity contribution in [3.8, 4) is 12.3 Å². The Morgan fingerprint density at radius 3 is 2.30 bits per heavy atom. The first-order valence-corrected chi connectivity index (χ1v) is 9.93. The van der Waals surface area contributed by atoms with Crippen molar-refractivity contribution in [3.05, 3.63) is 35.9 Å². The van der Waals surface area contributed by atoms with Crippen molar-refractivity contribution in [1.29, 1.82) is 0 Å². The zero-order chi connectivity index (χ0) is 15.2. The van der Waals surface area contributed by atoms with Gasteiger partial charge in [-0.2, -0.15) is 0 Å². The molecule has 0 heterocycles. The molecule has 2 nitrogen and oxygen atoms in total. The highest BCUT2D eigenvalue weighted by Crippen LogP contribution is 2.37. The van der Waals surface area contributed by atoms with E-state index < -0.39 is 8.32 Å². The van der Waals surface area contributed by atoms with E-state index in [9.17, 15) is 0 Å². The molecule has 1 aromatic carbocycles. The Hall–Kier alpha value is -1.08. The maximum Gasteiger partial charge on any atom is 0.193 e. The second-order valence-corrected chi connectivity index (χ2v) is 11.3. The van der Waals surface area contributed by atoms with Gasteiger partial charge >= 0.3 is 0 Å². The van der Waals surface area contributed by atoms with Gasteiger partial charge in [0.25, 0.3) is 0 Å². The molecule has 1 rings (SSSR count). The van der Waals surface area contributed by atoms with Gasteiger partial charge in [0.2, 0.25) is 0 Å². The number of ether oxygens (including phenoxy) is 1. The van der Waals surface area contributed by atoms with Crippen molar-refractivity contribution in [2.75, 3.05) is 6.61 Å². The lowest BCUT2D eigenvalue weighted by molar-refractivity contribution is 0.0589. The molecular weight excluding hydrogens is 264 g/mol. The summed E-state index contributed by atoms with van der Waals surface area (Å²) >= 11 is 0. The van der Waals surface area contributed by atoms with Crippen molar-refractivity contribution in [1.82, 2.24) is 0 Å². The molecule has 0 aromatic heterocycles. The molecule has 0 bridgehead atoms. The molecular formula is C17H26O2Si. The first-order valence-electron chi connectivity index (χ1n) is 7.02. The van der Waals surface area contributed by atoms with Crippen LogP contribution in [0.1, 0.15) is 26.3 Å².